The van der Waals surface area contributed by atoms with Crippen molar-refractivity contribution in [2.24, 2.45) is 5.10 Å². The number of aromatic nitrogens is 1. The lowest BCUT2D eigenvalue weighted by atomic mass is 10.1. The summed E-state index contributed by atoms with van der Waals surface area (Å²) >= 11 is 3.56. The number of amides is 1. The van der Waals surface area contributed by atoms with Crippen LogP contribution in [-0.2, 0) is 6.42 Å². The van der Waals surface area contributed by atoms with Gasteiger partial charge in [0.05, 0.1) is 23.0 Å². The van der Waals surface area contributed by atoms with Gasteiger partial charge in [0.1, 0.15) is 5.75 Å². The van der Waals surface area contributed by atoms with Gasteiger partial charge in [0.25, 0.3) is 5.91 Å². The van der Waals surface area contributed by atoms with Crippen LogP contribution in [0.2, 0.25) is 0 Å². The first kappa shape index (κ1) is 25.2. The molecule has 0 spiro atoms. The molecule has 0 aliphatic rings. The fraction of sp³-hybridized carbons (Fsp3) is 0.133. The lowest BCUT2D eigenvalue weighted by molar-refractivity contribution is 0.0955. The van der Waals surface area contributed by atoms with Gasteiger partial charge in [-0.2, -0.15) is 5.10 Å². The highest BCUT2D eigenvalue weighted by Gasteiger charge is 2.12. The minimum Gasteiger partial charge on any atom is -0.492 e. The monoisotopic (exact) mass is 541 g/mol. The molecule has 0 saturated heterocycles. The van der Waals surface area contributed by atoms with E-state index in [1.807, 2.05) is 67.6 Å². The second-order valence-corrected chi connectivity index (χ2v) is 9.08. The van der Waals surface area contributed by atoms with Gasteiger partial charge in [-0.1, -0.05) is 36.4 Å². The Kier molecular flexibility index (Phi) is 8.18. The van der Waals surface area contributed by atoms with E-state index in [1.54, 1.807) is 6.21 Å². The molecule has 36 heavy (non-hydrogen) atoms. The number of nitrogens with one attached hydrogen (secondary N) is 1. The molecule has 0 aliphatic heterocycles. The molecule has 1 heterocycles. The Hall–Kier alpha value is -3.90. The van der Waals surface area contributed by atoms with E-state index >= 15 is 0 Å². The van der Waals surface area contributed by atoms with Gasteiger partial charge in [-0.25, -0.2) is 5.43 Å². The summed E-state index contributed by atoms with van der Waals surface area (Å²) in [4.78, 5) is 12.7. The van der Waals surface area contributed by atoms with Crippen molar-refractivity contribution in [1.29, 1.82) is 0 Å². The largest absolute Gasteiger partial charge is 0.492 e. The standard InChI is InChI=1S/C30H28BrN3O2/c1-4-9-25-18-22(19-27(31)29(25)36-5-2)20-32-33-30(35)24-13-15-26(16-14-24)34-21(3)12-17-28(34)23-10-7-6-8-11-23/h4,6-8,10-20H,1,5,9H2,2-3H3,(H,33,35)/b32-20+. The average Bonchev–Trinajstić information content (AvgIpc) is 3.28. The third kappa shape index (κ3) is 5.66. The first-order chi connectivity index (χ1) is 17.5. The molecule has 182 valence electrons. The number of aryl methyl sites for hydroxylation is 1. The molecule has 4 aromatic rings. The molecule has 3 aromatic carbocycles. The molecule has 0 fully saturated rings. The predicted octanol–water partition coefficient (Wildman–Crippen LogP) is 7.11. The average molecular weight is 542 g/mol. The number of carbonyl (C=O) groups excluding carboxylic acids is 1. The molecule has 4 rings (SSSR count). The second-order valence-electron chi connectivity index (χ2n) is 8.22. The van der Waals surface area contributed by atoms with Crippen LogP contribution in [0.3, 0.4) is 0 Å². The van der Waals surface area contributed by atoms with E-state index in [9.17, 15) is 4.79 Å². The lowest BCUT2D eigenvalue weighted by Gasteiger charge is -2.13. The molecule has 1 aromatic heterocycles. The van der Waals surface area contributed by atoms with Gasteiger partial charge in [-0.15, -0.1) is 6.58 Å². The first-order valence-corrected chi connectivity index (χ1v) is 12.5. The molecule has 0 atom stereocenters. The van der Waals surface area contributed by atoms with Gasteiger partial charge in [-0.3, -0.25) is 4.79 Å². The Morgan fingerprint density at radius 3 is 2.53 bits per heavy atom. The van der Waals surface area contributed by atoms with E-state index in [2.05, 4.69) is 68.8 Å². The molecule has 0 radical (unpaired) electrons. The summed E-state index contributed by atoms with van der Waals surface area (Å²) in [6.45, 7) is 8.41. The number of halogens is 1. The molecule has 0 aliphatic carbocycles. The highest BCUT2D eigenvalue weighted by Crippen LogP contribution is 2.31. The number of allylic oxidation sites excluding steroid dienone is 1. The van der Waals surface area contributed by atoms with Gasteiger partial charge in [0, 0.05) is 16.9 Å². The Balaban J connectivity index is 1.48. The van der Waals surface area contributed by atoms with Crippen LogP contribution in [0.25, 0.3) is 16.9 Å². The highest BCUT2D eigenvalue weighted by atomic mass is 79.9. The number of benzene rings is 3. The summed E-state index contributed by atoms with van der Waals surface area (Å²) in [5.74, 6) is 0.522. The van der Waals surface area contributed by atoms with Gasteiger partial charge < -0.3 is 9.30 Å². The van der Waals surface area contributed by atoms with Crippen LogP contribution in [0.5, 0.6) is 5.75 Å². The third-order valence-corrected chi connectivity index (χ3v) is 6.30. The zero-order valence-electron chi connectivity index (χ0n) is 20.4. The first-order valence-electron chi connectivity index (χ1n) is 11.8. The van der Waals surface area contributed by atoms with Crippen molar-refractivity contribution >= 4 is 28.1 Å². The summed E-state index contributed by atoms with van der Waals surface area (Å²) in [6, 6.07) is 25.9. The van der Waals surface area contributed by atoms with Crippen LogP contribution in [-0.4, -0.2) is 23.3 Å². The molecule has 1 amide bonds. The van der Waals surface area contributed by atoms with Crippen LogP contribution in [0, 0.1) is 6.92 Å². The normalized spacial score (nSPS) is 11.0. The lowest BCUT2D eigenvalue weighted by Crippen LogP contribution is -2.17. The summed E-state index contributed by atoms with van der Waals surface area (Å²) < 4.78 is 8.76. The van der Waals surface area contributed by atoms with Crippen molar-refractivity contribution in [3.63, 3.8) is 0 Å². The molecular formula is C30H28BrN3O2. The Bertz CT molecular complexity index is 1390. The molecule has 0 unspecified atom stereocenters. The van der Waals surface area contributed by atoms with Crippen LogP contribution >= 0.6 is 15.9 Å². The van der Waals surface area contributed by atoms with E-state index in [0.29, 0.717) is 18.6 Å². The van der Waals surface area contributed by atoms with Crippen molar-refractivity contribution < 1.29 is 9.53 Å². The number of hydrazone groups is 1. The van der Waals surface area contributed by atoms with Crippen molar-refractivity contribution in [3.8, 4) is 22.7 Å². The van der Waals surface area contributed by atoms with Gasteiger partial charge >= 0.3 is 0 Å². The maximum Gasteiger partial charge on any atom is 0.271 e. The smallest absolute Gasteiger partial charge is 0.271 e. The number of rotatable bonds is 9. The number of ether oxygens (including phenoxy) is 1. The third-order valence-electron chi connectivity index (χ3n) is 5.71. The van der Waals surface area contributed by atoms with Crippen LogP contribution in [0.1, 0.15) is 34.1 Å². The summed E-state index contributed by atoms with van der Waals surface area (Å²) in [7, 11) is 0. The SMILES string of the molecule is C=CCc1cc(/C=N/NC(=O)c2ccc(-n3c(C)ccc3-c3ccccc3)cc2)cc(Br)c1OCC. The zero-order chi connectivity index (χ0) is 25.5. The maximum atomic E-state index is 12.7. The van der Waals surface area contributed by atoms with E-state index in [1.165, 1.54) is 0 Å². The van der Waals surface area contributed by atoms with Crippen molar-refractivity contribution in [2.75, 3.05) is 6.61 Å². The van der Waals surface area contributed by atoms with Crippen molar-refractivity contribution in [3.05, 3.63) is 118 Å². The molecule has 5 nitrogen and oxygen atoms in total. The Morgan fingerprint density at radius 1 is 1.08 bits per heavy atom. The predicted molar refractivity (Wildman–Crippen MR) is 150 cm³/mol. The number of carbonyl (C=O) groups is 1. The Labute approximate surface area is 220 Å². The van der Waals surface area contributed by atoms with Crippen LogP contribution < -0.4 is 10.2 Å². The van der Waals surface area contributed by atoms with Gasteiger partial charge in [-0.05, 0) is 101 Å². The fourth-order valence-corrected chi connectivity index (χ4v) is 4.70. The highest BCUT2D eigenvalue weighted by molar-refractivity contribution is 9.10. The van der Waals surface area contributed by atoms with Gasteiger partial charge in [0.2, 0.25) is 0 Å². The van der Waals surface area contributed by atoms with Crippen molar-refractivity contribution in [2.45, 2.75) is 20.3 Å². The molecular weight excluding hydrogens is 514 g/mol. The molecule has 0 bridgehead atoms. The van der Waals surface area contributed by atoms with Gasteiger partial charge in [0.15, 0.2) is 0 Å². The fourth-order valence-electron chi connectivity index (χ4n) is 4.07. The molecule has 1 N–H and O–H groups in total. The quantitative estimate of drug-likeness (QED) is 0.139. The van der Waals surface area contributed by atoms with Crippen LogP contribution in [0.15, 0.2) is 101 Å². The topological polar surface area (TPSA) is 55.6 Å². The summed E-state index contributed by atoms with van der Waals surface area (Å²) in [5.41, 5.74) is 9.34. The number of hydrogen-bond acceptors (Lipinski definition) is 3. The molecule has 6 heteroatoms. The summed E-state index contributed by atoms with van der Waals surface area (Å²) in [6.07, 6.45) is 4.12. The minimum atomic E-state index is -0.276. The maximum absolute atomic E-state index is 12.7. The summed E-state index contributed by atoms with van der Waals surface area (Å²) in [5, 5.41) is 4.16. The van der Waals surface area contributed by atoms with Crippen LogP contribution in [0.4, 0.5) is 0 Å². The minimum absolute atomic E-state index is 0.276. The second kappa shape index (κ2) is 11.7. The molecule has 0 saturated carbocycles. The van der Waals surface area contributed by atoms with E-state index < -0.39 is 0 Å². The number of nitrogens with zero attached hydrogens (tertiary/aromatic N) is 2. The van der Waals surface area contributed by atoms with E-state index in [-0.39, 0.29) is 5.91 Å². The van der Waals surface area contributed by atoms with E-state index in [4.69, 9.17) is 4.74 Å². The van der Waals surface area contributed by atoms with E-state index in [0.717, 1.165) is 44.0 Å². The van der Waals surface area contributed by atoms with Crippen molar-refractivity contribution in [1.82, 2.24) is 9.99 Å². The Morgan fingerprint density at radius 2 is 1.83 bits per heavy atom. The number of hydrogen-bond donors (Lipinski definition) is 1. The zero-order valence-corrected chi connectivity index (χ0v) is 22.0.